The summed E-state index contributed by atoms with van der Waals surface area (Å²) in [4.78, 5) is 39.6. The largest absolute Gasteiger partial charge is 0.494 e. The number of fused-ring (bicyclic) bond motifs is 4. The van der Waals surface area contributed by atoms with E-state index in [0.29, 0.717) is 48.3 Å². The monoisotopic (exact) mass is 569 g/mol. The highest BCUT2D eigenvalue weighted by Gasteiger charge is 2.47. The molecule has 2 saturated carbocycles. The summed E-state index contributed by atoms with van der Waals surface area (Å²) in [5.74, 6) is 2.33. The van der Waals surface area contributed by atoms with Crippen LogP contribution in [-0.4, -0.2) is 86.8 Å². The number of carbonyl (C=O) groups excluding carboxylic acids is 2. The second-order valence-corrected chi connectivity index (χ2v) is 12.3. The third-order valence-electron chi connectivity index (χ3n) is 9.81. The summed E-state index contributed by atoms with van der Waals surface area (Å²) in [7, 11) is 3.03. The number of benzene rings is 1. The van der Waals surface area contributed by atoms with E-state index in [-0.39, 0.29) is 30.1 Å². The van der Waals surface area contributed by atoms with E-state index in [2.05, 4.69) is 21.3 Å². The highest BCUT2D eigenvalue weighted by Crippen LogP contribution is 2.42. The smallest absolute Gasteiger partial charge is 0.409 e. The molecule has 2 aliphatic heterocycles. The van der Waals surface area contributed by atoms with Crippen molar-refractivity contribution in [3.05, 3.63) is 42.1 Å². The normalized spacial score (nSPS) is 23.6. The van der Waals surface area contributed by atoms with E-state index in [1.807, 2.05) is 29.3 Å². The van der Waals surface area contributed by atoms with Gasteiger partial charge in [0.15, 0.2) is 5.82 Å². The number of imidazole rings is 1. The van der Waals surface area contributed by atoms with Crippen LogP contribution in [0, 0.1) is 11.8 Å². The van der Waals surface area contributed by atoms with E-state index in [9.17, 15) is 9.59 Å². The summed E-state index contributed by atoms with van der Waals surface area (Å²) in [6.07, 6.45) is 5.94. The van der Waals surface area contributed by atoms with Crippen LogP contribution in [-0.2, 0) is 11.3 Å². The Bertz CT molecular complexity index is 1730. The fraction of sp³-hybridized carbons (Fsp3) is 0.484. The van der Waals surface area contributed by atoms with Crippen LogP contribution in [0.4, 0.5) is 4.79 Å². The lowest BCUT2D eigenvalue weighted by Crippen LogP contribution is -2.50. The molecule has 8 rings (SSSR count). The molecule has 2 bridgehead atoms. The molecule has 3 atom stereocenters. The Morgan fingerprint density at radius 1 is 1.07 bits per heavy atom. The van der Waals surface area contributed by atoms with Gasteiger partial charge in [-0.1, -0.05) is 0 Å². The van der Waals surface area contributed by atoms with Crippen molar-refractivity contribution in [1.29, 1.82) is 0 Å². The van der Waals surface area contributed by atoms with Crippen LogP contribution in [0.15, 0.2) is 36.5 Å². The first-order chi connectivity index (χ1) is 20.4. The van der Waals surface area contributed by atoms with E-state index in [4.69, 9.17) is 25.2 Å². The van der Waals surface area contributed by atoms with Crippen LogP contribution in [0.1, 0.15) is 42.1 Å². The summed E-state index contributed by atoms with van der Waals surface area (Å²) in [5.41, 5.74) is 10.4. The van der Waals surface area contributed by atoms with Crippen molar-refractivity contribution in [1.82, 2.24) is 28.9 Å². The van der Waals surface area contributed by atoms with Gasteiger partial charge in [0.25, 0.3) is 5.91 Å². The van der Waals surface area contributed by atoms with Crippen molar-refractivity contribution < 1.29 is 19.1 Å². The Hall–Kier alpha value is -4.12. The summed E-state index contributed by atoms with van der Waals surface area (Å²) < 4.78 is 15.4. The van der Waals surface area contributed by atoms with Gasteiger partial charge in [0.2, 0.25) is 0 Å². The van der Waals surface area contributed by atoms with Crippen molar-refractivity contribution in [2.24, 2.45) is 17.6 Å². The van der Waals surface area contributed by atoms with Crippen LogP contribution in [0.25, 0.3) is 33.6 Å². The number of nitrogens with zero attached hydrogens (tertiary/aromatic N) is 6. The van der Waals surface area contributed by atoms with Gasteiger partial charge in [-0.05, 0) is 67.9 Å². The number of ether oxygens (including phenoxy) is 2. The van der Waals surface area contributed by atoms with Crippen LogP contribution >= 0.6 is 0 Å². The highest BCUT2D eigenvalue weighted by molar-refractivity contribution is 6.00. The van der Waals surface area contributed by atoms with Crippen LogP contribution in [0.5, 0.6) is 5.75 Å². The van der Waals surface area contributed by atoms with Crippen LogP contribution in [0.3, 0.4) is 0 Å². The number of hydrogen-bond donors (Lipinski definition) is 1. The third kappa shape index (κ3) is 3.82. The first-order valence-corrected chi connectivity index (χ1v) is 14.9. The average molecular weight is 570 g/mol. The fourth-order valence-electron chi connectivity index (χ4n) is 7.37. The van der Waals surface area contributed by atoms with Gasteiger partial charge < -0.3 is 34.1 Å². The van der Waals surface area contributed by atoms with Gasteiger partial charge in [0, 0.05) is 55.4 Å². The number of carbonyl (C=O) groups is 2. The molecular formula is C31H35N7O4. The number of amides is 2. The SMILES string of the molecule is COC(=O)N1CC(n2c(-c3cc4cccnc4n3CC3CC3)nc3cc(C(=O)N4CC5CCC4[C@@H]5N)cc(OC)c32)C1. The molecule has 2 saturated heterocycles. The van der Waals surface area contributed by atoms with Gasteiger partial charge in [-0.2, -0.15) is 0 Å². The number of nitrogens with two attached hydrogens (primary N) is 1. The molecule has 2 unspecified atom stereocenters. The molecule has 2 amide bonds. The van der Waals surface area contributed by atoms with E-state index in [1.165, 1.54) is 20.0 Å². The minimum atomic E-state index is -0.345. The third-order valence-corrected chi connectivity index (χ3v) is 9.81. The Morgan fingerprint density at radius 3 is 2.60 bits per heavy atom. The predicted octanol–water partition coefficient (Wildman–Crippen LogP) is 3.66. The molecule has 11 heteroatoms. The Labute approximate surface area is 243 Å². The number of methoxy groups -OCH3 is 2. The summed E-state index contributed by atoms with van der Waals surface area (Å²) in [6.45, 7) is 2.55. The second kappa shape index (κ2) is 9.45. The maximum atomic E-state index is 13.8. The highest BCUT2D eigenvalue weighted by atomic mass is 16.5. The van der Waals surface area contributed by atoms with Crippen molar-refractivity contribution >= 4 is 34.1 Å². The zero-order valence-electron chi connectivity index (χ0n) is 23.9. The Morgan fingerprint density at radius 2 is 1.90 bits per heavy atom. The van der Waals surface area contributed by atoms with Gasteiger partial charge in [-0.25, -0.2) is 14.8 Å². The van der Waals surface area contributed by atoms with Crippen LogP contribution in [0.2, 0.25) is 0 Å². The molecule has 4 fully saturated rings. The molecular weight excluding hydrogens is 534 g/mol. The quantitative estimate of drug-likeness (QED) is 0.376. The maximum absolute atomic E-state index is 13.8. The molecule has 11 nitrogen and oxygen atoms in total. The molecule has 3 aromatic heterocycles. The first kappa shape index (κ1) is 25.6. The molecule has 2 N–H and O–H groups in total. The van der Waals surface area contributed by atoms with Gasteiger partial charge in [0.05, 0.1) is 31.5 Å². The number of hydrogen-bond acceptors (Lipinski definition) is 7. The summed E-state index contributed by atoms with van der Waals surface area (Å²) in [6, 6.07) is 10.0. The predicted molar refractivity (Wildman–Crippen MR) is 156 cm³/mol. The molecule has 42 heavy (non-hydrogen) atoms. The number of piperidine rings is 1. The average Bonchev–Trinajstić information content (AvgIpc) is 3.33. The van der Waals surface area contributed by atoms with Crippen molar-refractivity contribution in [3.8, 4) is 17.3 Å². The van der Waals surface area contributed by atoms with E-state index < -0.39 is 0 Å². The van der Waals surface area contributed by atoms with E-state index in [1.54, 1.807) is 12.0 Å². The van der Waals surface area contributed by atoms with Gasteiger partial charge >= 0.3 is 6.09 Å². The maximum Gasteiger partial charge on any atom is 0.409 e. The van der Waals surface area contributed by atoms with Crippen LogP contribution < -0.4 is 10.5 Å². The first-order valence-electron chi connectivity index (χ1n) is 14.9. The standard InChI is InChI=1S/C31H35N7O4/c1-41-25-12-20(30(39)37-14-19-7-8-23(37)26(19)32)10-22-27(25)38(21-15-35(16-21)31(40)42-2)29(34-22)24-11-18-4-3-9-33-28(18)36(24)13-17-5-6-17/h3-4,9-12,17,19,21,23,26H,5-8,13-16,32H2,1-2H3/t19?,23?,26-/m1/s1. The molecule has 4 aromatic rings. The van der Waals surface area contributed by atoms with Gasteiger partial charge in [-0.3, -0.25) is 4.79 Å². The molecule has 0 spiro atoms. The summed E-state index contributed by atoms with van der Waals surface area (Å²) >= 11 is 0. The molecule has 5 heterocycles. The summed E-state index contributed by atoms with van der Waals surface area (Å²) in [5, 5.41) is 1.06. The van der Waals surface area contributed by atoms with Crippen molar-refractivity contribution in [2.75, 3.05) is 33.9 Å². The second-order valence-electron chi connectivity index (χ2n) is 12.3. The van der Waals surface area contributed by atoms with Crippen molar-refractivity contribution in [2.45, 2.75) is 50.4 Å². The van der Waals surface area contributed by atoms with Crippen molar-refractivity contribution in [3.63, 3.8) is 0 Å². The zero-order valence-corrected chi connectivity index (χ0v) is 23.9. The van der Waals surface area contributed by atoms with Gasteiger partial charge in [0.1, 0.15) is 16.9 Å². The minimum Gasteiger partial charge on any atom is -0.494 e. The lowest BCUT2D eigenvalue weighted by molar-refractivity contribution is 0.0698. The molecule has 0 radical (unpaired) electrons. The Kier molecular flexibility index (Phi) is 5.76. The lowest BCUT2D eigenvalue weighted by Gasteiger charge is -2.39. The number of rotatable bonds is 6. The molecule has 1 aromatic carbocycles. The molecule has 4 aliphatic rings. The fourth-order valence-corrected chi connectivity index (χ4v) is 7.37. The van der Waals surface area contributed by atoms with Gasteiger partial charge in [-0.15, -0.1) is 0 Å². The number of pyridine rings is 1. The minimum absolute atomic E-state index is 0.0264. The van der Waals surface area contributed by atoms with E-state index in [0.717, 1.165) is 47.5 Å². The lowest BCUT2D eigenvalue weighted by atomic mass is 10.1. The molecule has 2 aliphatic carbocycles. The zero-order chi connectivity index (χ0) is 28.7. The molecule has 218 valence electrons. The topological polar surface area (TPSA) is 121 Å². The Balaban J connectivity index is 1.28. The number of likely N-dealkylation sites (tertiary alicyclic amines) is 2. The number of aromatic nitrogens is 4. The van der Waals surface area contributed by atoms with E-state index >= 15 is 0 Å².